The largest absolute Gasteiger partial charge is 0.457 e. The summed E-state index contributed by atoms with van der Waals surface area (Å²) in [6.45, 7) is -2.59. The lowest BCUT2D eigenvalue weighted by atomic mass is 10.2. The van der Waals surface area contributed by atoms with E-state index in [2.05, 4.69) is 9.72 Å². The molecule has 3 nitrogen and oxygen atoms in total. The van der Waals surface area contributed by atoms with Gasteiger partial charge in [0.1, 0.15) is 11.4 Å². The number of thiazole rings is 1. The van der Waals surface area contributed by atoms with Gasteiger partial charge in [0.25, 0.3) is 0 Å². The lowest BCUT2D eigenvalue weighted by Gasteiger charge is -2.06. The van der Waals surface area contributed by atoms with Gasteiger partial charge in [-0.05, 0) is 5.56 Å². The Kier molecular flexibility index (Phi) is 3.53. The Balaban J connectivity index is 2.30. The third-order valence-electron chi connectivity index (χ3n) is 2.09. The number of hydrogen-bond donors (Lipinski definition) is 0. The van der Waals surface area contributed by atoms with E-state index in [1.807, 2.05) is 0 Å². The number of aromatic nitrogens is 1. The number of benzene rings is 1. The molecule has 2 aromatic rings. The summed E-state index contributed by atoms with van der Waals surface area (Å²) in [5, 5.41) is 0. The van der Waals surface area contributed by atoms with Crippen LogP contribution < -0.4 is 0 Å². The predicted molar refractivity (Wildman–Crippen MR) is 67.7 cm³/mol. The molecule has 1 aromatic carbocycles. The van der Waals surface area contributed by atoms with Crippen LogP contribution in [0.2, 0.25) is 4.47 Å². The summed E-state index contributed by atoms with van der Waals surface area (Å²) in [4.78, 5) is 14.0. The van der Waals surface area contributed by atoms with E-state index in [-0.39, 0.29) is 16.9 Å². The van der Waals surface area contributed by atoms with Crippen molar-refractivity contribution in [3.8, 4) is 0 Å². The number of esters is 1. The highest BCUT2D eigenvalue weighted by Crippen LogP contribution is 2.36. The number of alkyl halides is 3. The number of nitrogens with zero attached hydrogens (tertiary/aromatic N) is 1. The van der Waals surface area contributed by atoms with Crippen molar-refractivity contribution in [2.75, 3.05) is 0 Å². The van der Waals surface area contributed by atoms with Crippen LogP contribution in [0, 0.1) is 0 Å². The van der Waals surface area contributed by atoms with Crippen LogP contribution in [-0.4, -0.2) is 11.0 Å². The standard InChI is InChI=1S/C12H7ClF3NO2S/c13-11-17-9(12(14,15)16)8(20-11)10(18)19-6-7-4-2-1-3-5-7/h1-5H,6H2/i6D2. The fourth-order valence-electron chi connectivity index (χ4n) is 1.28. The summed E-state index contributed by atoms with van der Waals surface area (Å²) >= 11 is 5.69. The summed E-state index contributed by atoms with van der Waals surface area (Å²) < 4.78 is 57.7. The van der Waals surface area contributed by atoms with Crippen molar-refractivity contribution < 1.29 is 25.4 Å². The highest BCUT2D eigenvalue weighted by atomic mass is 35.5. The molecule has 1 aromatic heterocycles. The van der Waals surface area contributed by atoms with Crippen molar-refractivity contribution in [3.05, 3.63) is 50.9 Å². The van der Waals surface area contributed by atoms with Crippen molar-refractivity contribution in [3.63, 3.8) is 0 Å². The van der Waals surface area contributed by atoms with Gasteiger partial charge in [0.05, 0.1) is 2.74 Å². The second kappa shape index (κ2) is 5.80. The van der Waals surface area contributed by atoms with Crippen LogP contribution in [0.1, 0.15) is 23.7 Å². The first-order chi connectivity index (χ1) is 10.1. The van der Waals surface area contributed by atoms with Crippen molar-refractivity contribution in [2.24, 2.45) is 0 Å². The Morgan fingerprint density at radius 1 is 1.40 bits per heavy atom. The van der Waals surface area contributed by atoms with Gasteiger partial charge in [-0.15, -0.1) is 0 Å². The van der Waals surface area contributed by atoms with Crippen LogP contribution in [0.15, 0.2) is 30.3 Å². The van der Waals surface area contributed by atoms with Gasteiger partial charge in [0.2, 0.25) is 0 Å². The van der Waals surface area contributed by atoms with Crippen LogP contribution in [0.5, 0.6) is 0 Å². The minimum absolute atomic E-state index is 0.00693. The summed E-state index contributed by atoms with van der Waals surface area (Å²) in [5.41, 5.74) is -1.50. The first-order valence-corrected chi connectivity index (χ1v) is 6.33. The zero-order chi connectivity index (χ0) is 16.5. The minimum atomic E-state index is -4.89. The molecule has 0 bridgehead atoms. The monoisotopic (exact) mass is 323 g/mol. The van der Waals surface area contributed by atoms with E-state index in [0.29, 0.717) is 0 Å². The van der Waals surface area contributed by atoms with Gasteiger partial charge in [-0.3, -0.25) is 0 Å². The maximum Gasteiger partial charge on any atom is 0.435 e. The molecule has 8 heteroatoms. The second-order valence-corrected chi connectivity index (χ2v) is 5.08. The lowest BCUT2D eigenvalue weighted by molar-refractivity contribution is -0.141. The number of rotatable bonds is 3. The van der Waals surface area contributed by atoms with Crippen molar-refractivity contribution in [2.45, 2.75) is 12.7 Å². The summed E-state index contributed by atoms with van der Waals surface area (Å²) in [6, 6.07) is 7.32. The molecule has 0 aliphatic carbocycles. The highest BCUT2D eigenvalue weighted by molar-refractivity contribution is 7.17. The molecule has 0 amide bonds. The Labute approximate surface area is 123 Å². The maximum absolute atomic E-state index is 12.8. The Morgan fingerprint density at radius 3 is 2.65 bits per heavy atom. The van der Waals surface area contributed by atoms with E-state index in [1.54, 1.807) is 6.07 Å². The molecule has 20 heavy (non-hydrogen) atoms. The van der Waals surface area contributed by atoms with Crippen LogP contribution >= 0.6 is 22.9 Å². The topological polar surface area (TPSA) is 39.2 Å². The average molecular weight is 324 g/mol. The van der Waals surface area contributed by atoms with Crippen molar-refractivity contribution in [1.82, 2.24) is 4.98 Å². The predicted octanol–water partition coefficient (Wildman–Crippen LogP) is 4.17. The average Bonchev–Trinajstić information content (AvgIpc) is 2.82. The Hall–Kier alpha value is -1.60. The molecule has 0 saturated carbocycles. The molecule has 0 atom stereocenters. The van der Waals surface area contributed by atoms with Crippen LogP contribution in [0.4, 0.5) is 13.2 Å². The lowest BCUT2D eigenvalue weighted by Crippen LogP contribution is -2.13. The molecule has 0 spiro atoms. The molecular formula is C12H7ClF3NO2S. The normalized spacial score (nSPS) is 13.6. The molecule has 2 rings (SSSR count). The van der Waals surface area contributed by atoms with E-state index < -0.39 is 33.7 Å². The molecule has 0 radical (unpaired) electrons. The van der Waals surface area contributed by atoms with Gasteiger partial charge < -0.3 is 4.74 Å². The fraction of sp³-hybridized carbons (Fsp3) is 0.167. The van der Waals surface area contributed by atoms with Gasteiger partial charge in [0.15, 0.2) is 10.2 Å². The van der Waals surface area contributed by atoms with Gasteiger partial charge in [-0.1, -0.05) is 53.3 Å². The minimum Gasteiger partial charge on any atom is -0.457 e. The summed E-state index contributed by atoms with van der Waals surface area (Å²) in [7, 11) is 0. The number of hydrogen-bond acceptors (Lipinski definition) is 4. The molecule has 0 aliphatic rings. The number of carbonyl (C=O) groups excluding carboxylic acids is 1. The van der Waals surface area contributed by atoms with E-state index in [9.17, 15) is 18.0 Å². The van der Waals surface area contributed by atoms with E-state index in [1.165, 1.54) is 24.3 Å². The zero-order valence-electron chi connectivity index (χ0n) is 11.6. The third kappa shape index (κ3) is 3.49. The van der Waals surface area contributed by atoms with E-state index >= 15 is 0 Å². The molecule has 106 valence electrons. The summed E-state index contributed by atoms with van der Waals surface area (Å²) in [6.07, 6.45) is -4.89. The molecule has 0 fully saturated rings. The first-order valence-electron chi connectivity index (χ1n) is 6.13. The van der Waals surface area contributed by atoms with Gasteiger partial charge in [-0.2, -0.15) is 13.2 Å². The number of carbonyl (C=O) groups is 1. The number of halogens is 4. The molecule has 0 saturated heterocycles. The smallest absolute Gasteiger partial charge is 0.435 e. The fourth-order valence-corrected chi connectivity index (χ4v) is 2.29. The van der Waals surface area contributed by atoms with Crippen molar-refractivity contribution >= 4 is 28.9 Å². The SMILES string of the molecule is [2H]C([2H])(OC(=O)c1sc(Cl)nc1C(F)(F)F)c1ccccc1. The van der Waals surface area contributed by atoms with Crippen molar-refractivity contribution in [1.29, 1.82) is 0 Å². The van der Waals surface area contributed by atoms with Crippen LogP contribution in [0.3, 0.4) is 0 Å². The second-order valence-electron chi connectivity index (χ2n) is 3.50. The maximum atomic E-state index is 12.8. The summed E-state index contributed by atoms with van der Waals surface area (Å²) in [5.74, 6) is -1.48. The number of ether oxygens (including phenoxy) is 1. The quantitative estimate of drug-likeness (QED) is 0.796. The molecule has 1 heterocycles. The van der Waals surface area contributed by atoms with Gasteiger partial charge in [-0.25, -0.2) is 9.78 Å². The highest BCUT2D eigenvalue weighted by Gasteiger charge is 2.40. The van der Waals surface area contributed by atoms with Gasteiger partial charge in [0, 0.05) is 0 Å². The molecule has 0 aliphatic heterocycles. The van der Waals surface area contributed by atoms with E-state index in [0.717, 1.165) is 0 Å². The van der Waals surface area contributed by atoms with Crippen LogP contribution in [-0.2, 0) is 17.5 Å². The van der Waals surface area contributed by atoms with Crippen LogP contribution in [0.25, 0.3) is 0 Å². The Bertz CT molecular complexity index is 691. The molecule has 0 N–H and O–H groups in total. The zero-order valence-corrected chi connectivity index (χ0v) is 11.1. The van der Waals surface area contributed by atoms with Gasteiger partial charge >= 0.3 is 12.1 Å². The van der Waals surface area contributed by atoms with E-state index in [4.69, 9.17) is 14.3 Å². The third-order valence-corrected chi connectivity index (χ3v) is 3.23. The first kappa shape index (κ1) is 12.2. The molecular weight excluding hydrogens is 315 g/mol. The Morgan fingerprint density at radius 2 is 2.05 bits per heavy atom. The molecule has 0 unspecified atom stereocenters.